The first-order valence-electron chi connectivity index (χ1n) is 8.74. The number of hydrogen-bond acceptors (Lipinski definition) is 4. The van der Waals surface area contributed by atoms with Crippen LogP contribution in [0, 0.1) is 11.3 Å². The molecule has 28 heavy (non-hydrogen) atoms. The number of carbonyl (C=O) groups is 1. The lowest BCUT2D eigenvalue weighted by Gasteiger charge is -2.22. The summed E-state index contributed by atoms with van der Waals surface area (Å²) in [6.45, 7) is 5.40. The van der Waals surface area contributed by atoms with Crippen molar-refractivity contribution in [1.29, 1.82) is 5.26 Å². The van der Waals surface area contributed by atoms with E-state index >= 15 is 0 Å². The fourth-order valence-corrected chi connectivity index (χ4v) is 3.06. The number of hydrogen-bond donors (Lipinski definition) is 0. The second kappa shape index (κ2) is 7.19. The van der Waals surface area contributed by atoms with Gasteiger partial charge in [-0.1, -0.05) is 0 Å². The van der Waals surface area contributed by atoms with E-state index in [9.17, 15) is 18.0 Å². The van der Waals surface area contributed by atoms with Gasteiger partial charge in [-0.25, -0.2) is 0 Å². The van der Waals surface area contributed by atoms with Gasteiger partial charge in [0.25, 0.3) is 5.91 Å². The van der Waals surface area contributed by atoms with Gasteiger partial charge >= 0.3 is 6.18 Å². The monoisotopic (exact) mass is 392 g/mol. The van der Waals surface area contributed by atoms with Crippen molar-refractivity contribution in [3.63, 3.8) is 0 Å². The normalized spacial score (nSPS) is 14.7. The standard InChI is InChI=1S/C19H19F3N4O2/c1-11(2)26-16-10-25(9-14(16)8-24-26)18(27)15-6-13(7-23)4-5-17(15)28-12(3)19(20,21)22/h4-6,8,11-12H,9-10H2,1-3H3. The molecule has 0 fully saturated rings. The molecule has 0 saturated carbocycles. The fourth-order valence-electron chi connectivity index (χ4n) is 3.06. The van der Waals surface area contributed by atoms with Gasteiger partial charge in [-0.05, 0) is 39.0 Å². The van der Waals surface area contributed by atoms with Gasteiger partial charge in [0, 0.05) is 18.2 Å². The van der Waals surface area contributed by atoms with Crippen LogP contribution < -0.4 is 4.74 Å². The number of nitrogens with zero attached hydrogens (tertiary/aromatic N) is 4. The number of aromatic nitrogens is 2. The Morgan fingerprint density at radius 2 is 2.00 bits per heavy atom. The molecule has 0 aliphatic carbocycles. The van der Waals surface area contributed by atoms with Gasteiger partial charge in [-0.15, -0.1) is 0 Å². The van der Waals surface area contributed by atoms with Gasteiger partial charge in [0.2, 0.25) is 0 Å². The van der Waals surface area contributed by atoms with Crippen LogP contribution in [0.15, 0.2) is 24.4 Å². The summed E-state index contributed by atoms with van der Waals surface area (Å²) in [4.78, 5) is 14.5. The van der Waals surface area contributed by atoms with Crippen LogP contribution in [0.3, 0.4) is 0 Å². The maximum absolute atomic E-state index is 13.0. The Labute approximate surface area is 160 Å². The van der Waals surface area contributed by atoms with Crippen molar-refractivity contribution in [3.8, 4) is 11.8 Å². The number of halogens is 3. The maximum atomic E-state index is 13.0. The second-order valence-corrected chi connectivity index (χ2v) is 6.94. The van der Waals surface area contributed by atoms with E-state index in [0.29, 0.717) is 6.54 Å². The molecule has 0 spiro atoms. The molecule has 3 rings (SSSR count). The number of ether oxygens (including phenoxy) is 1. The third kappa shape index (κ3) is 3.67. The highest BCUT2D eigenvalue weighted by Gasteiger charge is 2.39. The lowest BCUT2D eigenvalue weighted by Crippen LogP contribution is -2.33. The van der Waals surface area contributed by atoms with Crippen LogP contribution in [0.5, 0.6) is 5.75 Å². The minimum Gasteiger partial charge on any atom is -0.480 e. The predicted molar refractivity (Wildman–Crippen MR) is 93.5 cm³/mol. The Kier molecular flexibility index (Phi) is 5.06. The average molecular weight is 392 g/mol. The topological polar surface area (TPSA) is 71.2 Å². The summed E-state index contributed by atoms with van der Waals surface area (Å²) >= 11 is 0. The van der Waals surface area contributed by atoms with Crippen molar-refractivity contribution < 1.29 is 22.7 Å². The Morgan fingerprint density at radius 1 is 1.29 bits per heavy atom. The molecular weight excluding hydrogens is 373 g/mol. The number of nitriles is 1. The summed E-state index contributed by atoms with van der Waals surface area (Å²) in [7, 11) is 0. The molecule has 1 aliphatic rings. The van der Waals surface area contributed by atoms with Crippen LogP contribution in [0.25, 0.3) is 0 Å². The summed E-state index contributed by atoms with van der Waals surface area (Å²) in [5, 5.41) is 13.4. The molecule has 1 aliphatic heterocycles. The van der Waals surface area contributed by atoms with Crippen LogP contribution in [-0.4, -0.2) is 32.9 Å². The molecule has 0 radical (unpaired) electrons. The van der Waals surface area contributed by atoms with Gasteiger partial charge in [0.15, 0.2) is 6.10 Å². The average Bonchev–Trinajstić information content (AvgIpc) is 3.20. The van der Waals surface area contributed by atoms with Crippen molar-refractivity contribution in [2.75, 3.05) is 0 Å². The van der Waals surface area contributed by atoms with Crippen molar-refractivity contribution in [1.82, 2.24) is 14.7 Å². The minimum absolute atomic E-state index is 0.0654. The zero-order valence-corrected chi connectivity index (χ0v) is 15.6. The van der Waals surface area contributed by atoms with Crippen LogP contribution in [0.4, 0.5) is 13.2 Å². The molecule has 0 bridgehead atoms. The quantitative estimate of drug-likeness (QED) is 0.793. The van der Waals surface area contributed by atoms with Crippen LogP contribution in [-0.2, 0) is 13.1 Å². The Balaban J connectivity index is 1.90. The van der Waals surface area contributed by atoms with Gasteiger partial charge in [0.05, 0.1) is 35.6 Å². The Morgan fingerprint density at radius 3 is 2.61 bits per heavy atom. The number of amides is 1. The summed E-state index contributed by atoms with van der Waals surface area (Å²) < 4.78 is 45.5. The summed E-state index contributed by atoms with van der Waals surface area (Å²) in [6.07, 6.45) is -4.96. The summed E-state index contributed by atoms with van der Waals surface area (Å²) in [6, 6.07) is 5.83. The summed E-state index contributed by atoms with van der Waals surface area (Å²) in [5.74, 6) is -0.691. The lowest BCUT2D eigenvalue weighted by molar-refractivity contribution is -0.189. The van der Waals surface area contributed by atoms with Crippen molar-refractivity contribution in [3.05, 3.63) is 46.8 Å². The molecule has 0 N–H and O–H groups in total. The maximum Gasteiger partial charge on any atom is 0.425 e. The number of alkyl halides is 3. The van der Waals surface area contributed by atoms with E-state index in [1.165, 1.54) is 23.1 Å². The predicted octanol–water partition coefficient (Wildman–Crippen LogP) is 3.82. The van der Waals surface area contributed by atoms with Gasteiger partial charge < -0.3 is 9.64 Å². The highest BCUT2D eigenvalue weighted by molar-refractivity contribution is 5.97. The van der Waals surface area contributed by atoms with Gasteiger partial charge in [0.1, 0.15) is 5.75 Å². The van der Waals surface area contributed by atoms with E-state index in [-0.39, 0.29) is 29.5 Å². The molecule has 6 nitrogen and oxygen atoms in total. The van der Waals surface area contributed by atoms with Gasteiger partial charge in [-0.2, -0.15) is 23.5 Å². The first-order valence-corrected chi connectivity index (χ1v) is 8.74. The Hall–Kier alpha value is -3.02. The molecule has 0 saturated heterocycles. The number of carbonyl (C=O) groups excluding carboxylic acids is 1. The van der Waals surface area contributed by atoms with Gasteiger partial charge in [-0.3, -0.25) is 9.48 Å². The van der Waals surface area contributed by atoms with Crippen molar-refractivity contribution >= 4 is 5.91 Å². The minimum atomic E-state index is -4.57. The molecule has 2 aromatic rings. The van der Waals surface area contributed by atoms with E-state index < -0.39 is 18.2 Å². The molecule has 1 atom stereocenters. The molecule has 2 heterocycles. The molecule has 1 aromatic heterocycles. The van der Waals surface area contributed by atoms with E-state index in [4.69, 9.17) is 10.00 Å². The first-order chi connectivity index (χ1) is 13.1. The molecule has 148 valence electrons. The molecule has 9 heteroatoms. The third-order valence-electron chi connectivity index (χ3n) is 4.57. The SMILES string of the molecule is CC(C)n1ncc2c1CN(C(=O)c1cc(C#N)ccc1OC(C)C(F)(F)F)C2. The Bertz CT molecular complexity index is 944. The smallest absolute Gasteiger partial charge is 0.425 e. The number of benzene rings is 1. The molecule has 1 aromatic carbocycles. The molecular formula is C19H19F3N4O2. The third-order valence-corrected chi connectivity index (χ3v) is 4.57. The van der Waals surface area contributed by atoms with Crippen LogP contribution in [0.1, 0.15) is 54.0 Å². The largest absolute Gasteiger partial charge is 0.480 e. The fraction of sp³-hybridized carbons (Fsp3) is 0.421. The summed E-state index contributed by atoms with van der Waals surface area (Å²) in [5.41, 5.74) is 1.89. The van der Waals surface area contributed by atoms with Crippen LogP contribution in [0.2, 0.25) is 0 Å². The highest BCUT2D eigenvalue weighted by atomic mass is 19.4. The highest BCUT2D eigenvalue weighted by Crippen LogP contribution is 2.31. The second-order valence-electron chi connectivity index (χ2n) is 6.94. The van der Waals surface area contributed by atoms with Crippen molar-refractivity contribution in [2.24, 2.45) is 0 Å². The zero-order chi connectivity index (χ0) is 20.6. The number of fused-ring (bicyclic) bond motifs is 1. The molecule has 1 amide bonds. The number of rotatable bonds is 4. The first kappa shape index (κ1) is 19.7. The van der Waals surface area contributed by atoms with E-state index in [0.717, 1.165) is 18.2 Å². The van der Waals surface area contributed by atoms with E-state index in [1.807, 2.05) is 24.6 Å². The van der Waals surface area contributed by atoms with Crippen molar-refractivity contribution in [2.45, 2.75) is 52.2 Å². The lowest BCUT2D eigenvalue weighted by atomic mass is 10.1. The zero-order valence-electron chi connectivity index (χ0n) is 15.6. The van der Waals surface area contributed by atoms with Crippen LogP contribution >= 0.6 is 0 Å². The molecule has 1 unspecified atom stereocenters. The van der Waals surface area contributed by atoms with E-state index in [2.05, 4.69) is 5.10 Å². The van der Waals surface area contributed by atoms with E-state index in [1.54, 1.807) is 6.20 Å².